The number of cyclic esters (lactones) is 1. The van der Waals surface area contributed by atoms with Crippen molar-refractivity contribution in [1.82, 2.24) is 14.8 Å². The summed E-state index contributed by atoms with van der Waals surface area (Å²) >= 11 is 3.16. The second kappa shape index (κ2) is 4.89. The third-order valence-electron chi connectivity index (χ3n) is 3.45. The van der Waals surface area contributed by atoms with Gasteiger partial charge in [0.1, 0.15) is 5.25 Å². The fraction of sp³-hybridized carbons (Fsp3) is 0.462. The second-order valence-electron chi connectivity index (χ2n) is 4.95. The Hall–Kier alpha value is -1.34. The molecule has 2 aromatic heterocycles. The van der Waals surface area contributed by atoms with Gasteiger partial charge in [0.25, 0.3) is 0 Å². The van der Waals surface area contributed by atoms with Crippen LogP contribution in [0.1, 0.15) is 25.3 Å². The minimum atomic E-state index is -0.132. The molecule has 20 heavy (non-hydrogen) atoms. The van der Waals surface area contributed by atoms with Gasteiger partial charge in [0, 0.05) is 12.5 Å². The highest BCUT2D eigenvalue weighted by Crippen LogP contribution is 2.43. The molecule has 1 atom stereocenters. The highest BCUT2D eigenvalue weighted by molar-refractivity contribution is 8.00. The normalized spacial score (nSPS) is 22.2. The predicted molar refractivity (Wildman–Crippen MR) is 76.8 cm³/mol. The van der Waals surface area contributed by atoms with Gasteiger partial charge in [-0.1, -0.05) is 17.8 Å². The first-order chi connectivity index (χ1) is 9.83. The number of aromatic nitrogens is 3. The number of ether oxygens (including phenoxy) is 1. The lowest BCUT2D eigenvalue weighted by Crippen LogP contribution is -2.11. The number of hydrogen-bond donors (Lipinski definition) is 0. The van der Waals surface area contributed by atoms with Crippen LogP contribution in [0.2, 0.25) is 0 Å². The van der Waals surface area contributed by atoms with Crippen LogP contribution >= 0.6 is 23.1 Å². The van der Waals surface area contributed by atoms with E-state index >= 15 is 0 Å². The van der Waals surface area contributed by atoms with Crippen LogP contribution in [-0.4, -0.2) is 32.6 Å². The number of hydrogen-bond acceptors (Lipinski definition) is 6. The van der Waals surface area contributed by atoms with Gasteiger partial charge in [-0.3, -0.25) is 9.36 Å². The average molecular weight is 307 g/mol. The van der Waals surface area contributed by atoms with Crippen molar-refractivity contribution in [3.63, 3.8) is 0 Å². The first-order valence-corrected chi connectivity index (χ1v) is 8.41. The molecule has 4 rings (SSSR count). The SMILES string of the molecule is O=C1OCC[C@@H]1Sc1nnc(-c2cccs2)n1C1CC1. The van der Waals surface area contributed by atoms with Crippen molar-refractivity contribution in [3.8, 4) is 10.7 Å². The molecular formula is C13H13N3O2S2. The molecule has 2 fully saturated rings. The van der Waals surface area contributed by atoms with E-state index in [4.69, 9.17) is 4.74 Å². The molecule has 2 aliphatic rings. The van der Waals surface area contributed by atoms with Gasteiger partial charge in [-0.2, -0.15) is 0 Å². The van der Waals surface area contributed by atoms with Crippen molar-refractivity contribution in [2.24, 2.45) is 0 Å². The molecule has 2 aromatic rings. The number of thiophene rings is 1. The molecule has 0 amide bonds. The highest BCUT2D eigenvalue weighted by Gasteiger charge is 2.34. The quantitative estimate of drug-likeness (QED) is 0.813. The van der Waals surface area contributed by atoms with Gasteiger partial charge in [-0.25, -0.2) is 0 Å². The monoisotopic (exact) mass is 307 g/mol. The van der Waals surface area contributed by atoms with Crippen molar-refractivity contribution < 1.29 is 9.53 Å². The Kier molecular flexibility index (Phi) is 3.03. The molecule has 1 saturated heterocycles. The van der Waals surface area contributed by atoms with E-state index in [9.17, 15) is 4.79 Å². The Bertz CT molecular complexity index is 634. The van der Waals surface area contributed by atoms with Crippen molar-refractivity contribution in [2.75, 3.05) is 6.61 Å². The maximum absolute atomic E-state index is 11.6. The Morgan fingerprint density at radius 2 is 2.25 bits per heavy atom. The smallest absolute Gasteiger partial charge is 0.319 e. The first-order valence-electron chi connectivity index (χ1n) is 6.65. The predicted octanol–water partition coefficient (Wildman–Crippen LogP) is 2.75. The second-order valence-corrected chi connectivity index (χ2v) is 7.06. The summed E-state index contributed by atoms with van der Waals surface area (Å²) in [5.74, 6) is 0.800. The highest BCUT2D eigenvalue weighted by atomic mass is 32.2. The van der Waals surface area contributed by atoms with Crippen LogP contribution in [0.5, 0.6) is 0 Å². The van der Waals surface area contributed by atoms with E-state index in [0.717, 1.165) is 22.3 Å². The number of nitrogens with zero attached hydrogens (tertiary/aromatic N) is 3. The van der Waals surface area contributed by atoms with E-state index < -0.39 is 0 Å². The van der Waals surface area contributed by atoms with E-state index in [1.54, 1.807) is 11.3 Å². The summed E-state index contributed by atoms with van der Waals surface area (Å²) in [6, 6.07) is 4.57. The van der Waals surface area contributed by atoms with Gasteiger partial charge < -0.3 is 4.74 Å². The largest absolute Gasteiger partial charge is 0.465 e. The molecule has 1 saturated carbocycles. The molecule has 0 N–H and O–H groups in total. The van der Waals surface area contributed by atoms with E-state index in [1.807, 2.05) is 11.4 Å². The molecule has 5 nitrogen and oxygen atoms in total. The van der Waals surface area contributed by atoms with Gasteiger partial charge in [0.2, 0.25) is 0 Å². The average Bonchev–Trinajstić information content (AvgIpc) is 2.88. The van der Waals surface area contributed by atoms with Gasteiger partial charge in [-0.05, 0) is 24.3 Å². The zero-order valence-electron chi connectivity index (χ0n) is 10.7. The Morgan fingerprint density at radius 3 is 2.90 bits per heavy atom. The summed E-state index contributed by atoms with van der Waals surface area (Å²) in [7, 11) is 0. The number of carbonyl (C=O) groups excluding carboxylic acids is 1. The van der Waals surface area contributed by atoms with Crippen molar-refractivity contribution in [3.05, 3.63) is 17.5 Å². The van der Waals surface area contributed by atoms with Crippen LogP contribution in [0.25, 0.3) is 10.7 Å². The number of esters is 1. The van der Waals surface area contributed by atoms with Crippen LogP contribution in [0.4, 0.5) is 0 Å². The number of thioether (sulfide) groups is 1. The van der Waals surface area contributed by atoms with Gasteiger partial charge in [0.05, 0.1) is 11.5 Å². The summed E-state index contributed by atoms with van der Waals surface area (Å²) in [5.41, 5.74) is 0. The molecule has 0 unspecified atom stereocenters. The minimum absolute atomic E-state index is 0.127. The minimum Gasteiger partial charge on any atom is -0.465 e. The Labute approximate surface area is 124 Å². The zero-order valence-corrected chi connectivity index (χ0v) is 12.3. The summed E-state index contributed by atoms with van der Waals surface area (Å²) in [6.07, 6.45) is 3.09. The Morgan fingerprint density at radius 1 is 1.35 bits per heavy atom. The third kappa shape index (κ3) is 2.14. The molecule has 3 heterocycles. The number of carbonyl (C=O) groups is 1. The van der Waals surface area contributed by atoms with Crippen LogP contribution in [0.15, 0.2) is 22.7 Å². The maximum Gasteiger partial charge on any atom is 0.319 e. The molecule has 7 heteroatoms. The maximum atomic E-state index is 11.6. The molecule has 0 aromatic carbocycles. The fourth-order valence-electron chi connectivity index (χ4n) is 2.30. The van der Waals surface area contributed by atoms with Crippen LogP contribution < -0.4 is 0 Å². The molecule has 104 valence electrons. The summed E-state index contributed by atoms with van der Waals surface area (Å²) in [6.45, 7) is 0.520. The molecule has 1 aliphatic heterocycles. The summed E-state index contributed by atoms with van der Waals surface area (Å²) < 4.78 is 7.21. The zero-order chi connectivity index (χ0) is 13.5. The molecule has 1 aliphatic carbocycles. The lowest BCUT2D eigenvalue weighted by molar-refractivity contribution is -0.137. The fourth-order valence-corrected chi connectivity index (χ4v) is 4.08. The third-order valence-corrected chi connectivity index (χ3v) is 5.52. The van der Waals surface area contributed by atoms with Gasteiger partial charge in [-0.15, -0.1) is 21.5 Å². The molecule has 0 bridgehead atoms. The van der Waals surface area contributed by atoms with Crippen LogP contribution in [0, 0.1) is 0 Å². The number of rotatable bonds is 4. The Balaban J connectivity index is 1.68. The molecular weight excluding hydrogens is 294 g/mol. The molecule has 0 radical (unpaired) electrons. The lowest BCUT2D eigenvalue weighted by atomic mass is 10.4. The van der Waals surface area contributed by atoms with Gasteiger partial charge in [0.15, 0.2) is 11.0 Å². The lowest BCUT2D eigenvalue weighted by Gasteiger charge is -2.09. The van der Waals surface area contributed by atoms with E-state index in [1.165, 1.54) is 24.6 Å². The van der Waals surface area contributed by atoms with E-state index in [-0.39, 0.29) is 11.2 Å². The first kappa shape index (κ1) is 12.4. The van der Waals surface area contributed by atoms with Crippen LogP contribution in [0.3, 0.4) is 0 Å². The van der Waals surface area contributed by atoms with Crippen molar-refractivity contribution >= 4 is 29.1 Å². The topological polar surface area (TPSA) is 57.0 Å². The van der Waals surface area contributed by atoms with Crippen LogP contribution in [-0.2, 0) is 9.53 Å². The van der Waals surface area contributed by atoms with Crippen molar-refractivity contribution in [1.29, 1.82) is 0 Å². The molecule has 0 spiro atoms. The van der Waals surface area contributed by atoms with E-state index in [2.05, 4.69) is 20.8 Å². The summed E-state index contributed by atoms with van der Waals surface area (Å²) in [5, 5.41) is 11.4. The standard InChI is InChI=1S/C13H13N3O2S2/c17-12-10(5-6-18-12)20-13-15-14-11(9-2-1-7-19-9)16(13)8-3-4-8/h1-2,7-8,10H,3-6H2/t10-/m0/s1. The van der Waals surface area contributed by atoms with E-state index in [0.29, 0.717) is 12.6 Å². The van der Waals surface area contributed by atoms with Crippen molar-refractivity contribution in [2.45, 2.75) is 35.7 Å². The summed E-state index contributed by atoms with van der Waals surface area (Å²) in [4.78, 5) is 12.7. The van der Waals surface area contributed by atoms with Gasteiger partial charge >= 0.3 is 5.97 Å².